The van der Waals surface area contributed by atoms with Gasteiger partial charge in [0.1, 0.15) is 28.4 Å². The number of sulfonamides is 1. The zero-order valence-corrected chi connectivity index (χ0v) is 18.7. The van der Waals surface area contributed by atoms with E-state index in [2.05, 4.69) is 10.3 Å². The van der Waals surface area contributed by atoms with Crippen molar-refractivity contribution >= 4 is 33.2 Å². The van der Waals surface area contributed by atoms with Crippen molar-refractivity contribution in [1.29, 1.82) is 5.26 Å². The van der Waals surface area contributed by atoms with Gasteiger partial charge in [0.25, 0.3) is 5.91 Å². The van der Waals surface area contributed by atoms with Crippen LogP contribution in [-0.4, -0.2) is 36.1 Å². The maximum Gasteiger partial charge on any atom is 0.404 e. The van der Waals surface area contributed by atoms with Crippen LogP contribution in [0.5, 0.6) is 0 Å². The predicted octanol–water partition coefficient (Wildman–Crippen LogP) is 3.76. The van der Waals surface area contributed by atoms with Crippen LogP contribution in [0.25, 0.3) is 0 Å². The van der Waals surface area contributed by atoms with Crippen LogP contribution in [0.2, 0.25) is 5.02 Å². The second kappa shape index (κ2) is 9.28. The smallest absolute Gasteiger partial charge is 0.338 e. The zero-order valence-electron chi connectivity index (χ0n) is 17.1. The van der Waals surface area contributed by atoms with Crippen LogP contribution in [0.4, 0.5) is 23.2 Å². The molecule has 0 fully saturated rings. The summed E-state index contributed by atoms with van der Waals surface area (Å²) in [4.78, 5) is 15.7. The summed E-state index contributed by atoms with van der Waals surface area (Å²) < 4.78 is 81.3. The van der Waals surface area contributed by atoms with Crippen LogP contribution in [0.15, 0.2) is 17.0 Å². The largest absolute Gasteiger partial charge is 0.404 e. The molecule has 14 heteroatoms. The quantitative estimate of drug-likeness (QED) is 0.472. The Hall–Kier alpha value is -2.69. The minimum atomic E-state index is -4.83. The fourth-order valence-corrected chi connectivity index (χ4v) is 5.69. The minimum Gasteiger partial charge on any atom is -0.338 e. The summed E-state index contributed by atoms with van der Waals surface area (Å²) in [7, 11) is -4.75. The number of aromatic nitrogens is 2. The lowest BCUT2D eigenvalue weighted by molar-refractivity contribution is -0.147. The first-order chi connectivity index (χ1) is 15.3. The summed E-state index contributed by atoms with van der Waals surface area (Å²) in [6.07, 6.45) is -2.84. The molecule has 8 nitrogen and oxygen atoms in total. The maximum absolute atomic E-state index is 13.6. The summed E-state index contributed by atoms with van der Waals surface area (Å²) in [5.41, 5.74) is -0.607. The highest BCUT2D eigenvalue weighted by atomic mass is 35.5. The van der Waals surface area contributed by atoms with Gasteiger partial charge >= 0.3 is 6.18 Å². The summed E-state index contributed by atoms with van der Waals surface area (Å²) in [5, 5.41) is 10.7. The Bertz CT molecular complexity index is 1240. The normalized spacial score (nSPS) is 15.3. The highest BCUT2D eigenvalue weighted by molar-refractivity contribution is 7.89. The second-order valence-corrected chi connectivity index (χ2v) is 9.44. The molecule has 1 aliphatic rings. The van der Waals surface area contributed by atoms with Gasteiger partial charge in [-0.1, -0.05) is 18.0 Å². The van der Waals surface area contributed by atoms with Crippen LogP contribution in [-0.2, 0) is 23.0 Å². The lowest BCUT2D eigenvalue weighted by Gasteiger charge is -2.18. The number of halogens is 5. The Kier molecular flexibility index (Phi) is 7.01. The van der Waals surface area contributed by atoms with Gasteiger partial charge in [-0.25, -0.2) is 13.4 Å². The van der Waals surface area contributed by atoms with E-state index in [9.17, 15) is 30.8 Å². The van der Waals surface area contributed by atoms with Crippen LogP contribution < -0.4 is 10.0 Å². The van der Waals surface area contributed by atoms with E-state index in [0.717, 1.165) is 12.1 Å². The molecular formula is C19H18ClF4N5O3S. The Morgan fingerprint density at radius 2 is 2.00 bits per heavy atom. The summed E-state index contributed by atoms with van der Waals surface area (Å²) in [5.74, 6) is -1.94. The van der Waals surface area contributed by atoms with Crippen molar-refractivity contribution in [2.24, 2.45) is 0 Å². The maximum atomic E-state index is 13.6. The topological polar surface area (TPSA) is 117 Å². The predicted molar refractivity (Wildman–Crippen MR) is 110 cm³/mol. The number of pyridine rings is 1. The summed E-state index contributed by atoms with van der Waals surface area (Å²) in [6, 6.07) is 1.20. The molecule has 3 heterocycles. The van der Waals surface area contributed by atoms with E-state index in [1.54, 1.807) is 10.8 Å². The van der Waals surface area contributed by atoms with Crippen molar-refractivity contribution in [3.8, 4) is 6.07 Å². The van der Waals surface area contributed by atoms with Gasteiger partial charge in [-0.2, -0.15) is 27.5 Å². The van der Waals surface area contributed by atoms with Crippen molar-refractivity contribution < 1.29 is 30.8 Å². The Balaban J connectivity index is 2.08. The minimum absolute atomic E-state index is 0.114. The third-order valence-corrected chi connectivity index (χ3v) is 7.15. The summed E-state index contributed by atoms with van der Waals surface area (Å²) in [6.45, 7) is 0.856. The van der Waals surface area contributed by atoms with Crippen molar-refractivity contribution in [3.05, 3.63) is 40.2 Å². The molecule has 2 aromatic heterocycles. The van der Waals surface area contributed by atoms with E-state index in [4.69, 9.17) is 16.9 Å². The van der Waals surface area contributed by atoms with Crippen molar-refractivity contribution in [2.45, 2.75) is 56.3 Å². The number of carbonyl (C=O) groups is 1. The molecule has 1 amide bonds. The molecule has 2 aromatic rings. The number of anilines is 1. The average Bonchev–Trinajstić information content (AvgIpc) is 2.82. The van der Waals surface area contributed by atoms with Crippen LogP contribution in [0.3, 0.4) is 0 Å². The van der Waals surface area contributed by atoms with Crippen LogP contribution in [0.1, 0.15) is 48.1 Å². The summed E-state index contributed by atoms with van der Waals surface area (Å²) >= 11 is 6.29. The number of carbonyl (C=O) groups excluding carboxylic acids is 1. The van der Waals surface area contributed by atoms with Crippen LogP contribution >= 0.6 is 11.6 Å². The fraction of sp³-hybridized carbons (Fsp3) is 0.421. The molecule has 1 atom stereocenters. The molecule has 0 bridgehead atoms. The number of nitrogens with one attached hydrogen (secondary N) is 2. The molecule has 0 radical (unpaired) electrons. The highest BCUT2D eigenvalue weighted by Gasteiger charge is 2.41. The molecule has 178 valence electrons. The van der Waals surface area contributed by atoms with Crippen molar-refractivity contribution in [3.63, 3.8) is 0 Å². The Morgan fingerprint density at radius 1 is 1.30 bits per heavy atom. The van der Waals surface area contributed by atoms with Gasteiger partial charge in [-0.3, -0.25) is 4.79 Å². The fourth-order valence-electron chi connectivity index (χ4n) is 3.52. The van der Waals surface area contributed by atoms with Crippen LogP contribution in [0, 0.1) is 17.3 Å². The molecule has 3 rings (SSSR count). The highest BCUT2D eigenvalue weighted by Crippen LogP contribution is 2.36. The number of amides is 1. The first-order valence-corrected chi connectivity index (χ1v) is 11.6. The van der Waals surface area contributed by atoms with Gasteiger partial charge in [0.15, 0.2) is 0 Å². The molecule has 0 aliphatic carbocycles. The monoisotopic (exact) mass is 507 g/mol. The first-order valence-electron chi connectivity index (χ1n) is 9.74. The number of hydrogen-bond donors (Lipinski definition) is 2. The van der Waals surface area contributed by atoms with E-state index in [0.29, 0.717) is 26.2 Å². The average molecular weight is 508 g/mol. The van der Waals surface area contributed by atoms with E-state index in [1.807, 2.05) is 0 Å². The Labute approximate surface area is 191 Å². The molecule has 2 N–H and O–H groups in total. The third kappa shape index (κ3) is 5.29. The number of rotatable bonds is 5. The van der Waals surface area contributed by atoms with Crippen molar-refractivity contribution in [1.82, 2.24) is 14.3 Å². The van der Waals surface area contributed by atoms with Gasteiger partial charge in [-0.15, -0.1) is 0 Å². The standard InChI is InChI=1S/C19H18ClF4N5O3S/c1-10(19(22,23)24)28-33(31,32)17-13-5-3-2-4-6-29(13)16(15(17)20)18(30)27-11-7-12(9-25)26-14(21)8-11/h7-8,10,28H,2-6H2,1H3,(H,26,27,30). The number of alkyl halides is 3. The number of hydrogen-bond acceptors (Lipinski definition) is 5. The van der Waals surface area contributed by atoms with E-state index >= 15 is 0 Å². The zero-order chi connectivity index (χ0) is 24.6. The molecule has 33 heavy (non-hydrogen) atoms. The molecule has 0 spiro atoms. The van der Waals surface area contributed by atoms with Gasteiger partial charge < -0.3 is 9.88 Å². The van der Waals surface area contributed by atoms with Gasteiger partial charge in [0.2, 0.25) is 16.0 Å². The lowest BCUT2D eigenvalue weighted by atomic mass is 10.2. The van der Waals surface area contributed by atoms with Gasteiger partial charge in [0.05, 0.1) is 5.02 Å². The third-order valence-electron chi connectivity index (χ3n) is 5.03. The van der Waals surface area contributed by atoms with Gasteiger partial charge in [-0.05, 0) is 32.3 Å². The number of fused-ring (bicyclic) bond motifs is 1. The lowest BCUT2D eigenvalue weighted by Crippen LogP contribution is -2.43. The molecule has 1 aliphatic heterocycles. The van der Waals surface area contributed by atoms with Crippen molar-refractivity contribution in [2.75, 3.05) is 5.32 Å². The molecule has 0 aromatic carbocycles. The molecular weight excluding hydrogens is 490 g/mol. The van der Waals surface area contributed by atoms with E-state index in [-0.39, 0.29) is 35.7 Å². The second-order valence-electron chi connectivity index (χ2n) is 7.42. The van der Waals surface area contributed by atoms with Gasteiger partial charge in [0, 0.05) is 24.0 Å². The number of nitrogens with zero attached hydrogens (tertiary/aromatic N) is 3. The number of nitriles is 1. The van der Waals surface area contributed by atoms with E-state index < -0.39 is 44.0 Å². The SMILES string of the molecule is CC(NS(=O)(=O)c1c(Cl)c(C(=O)Nc2cc(F)nc(C#N)c2)n2c1CCCCC2)C(F)(F)F. The van der Waals surface area contributed by atoms with E-state index in [1.165, 1.54) is 4.57 Å². The molecule has 1 unspecified atom stereocenters. The molecule has 0 saturated carbocycles. The molecule has 0 saturated heterocycles. The Morgan fingerprint density at radius 3 is 2.64 bits per heavy atom. The first kappa shape index (κ1) is 24.9.